The molecule has 2 N–H and O–H groups in total. The van der Waals surface area contributed by atoms with Gasteiger partial charge in [0.2, 0.25) is 10.0 Å². The number of ether oxygens (including phenoxy) is 2. The highest BCUT2D eigenvalue weighted by Gasteiger charge is 2.32. The van der Waals surface area contributed by atoms with Gasteiger partial charge in [0, 0.05) is 12.1 Å². The zero-order valence-electron chi connectivity index (χ0n) is 15.6. The van der Waals surface area contributed by atoms with Gasteiger partial charge in [-0.1, -0.05) is 12.1 Å². The minimum Gasteiger partial charge on any atom is -0.486 e. The Kier molecular flexibility index (Phi) is 4.76. The number of carbonyl (C=O) groups excluding carboxylic acids is 1. The van der Waals surface area contributed by atoms with E-state index < -0.39 is 10.0 Å². The summed E-state index contributed by atoms with van der Waals surface area (Å²) in [5, 5.41) is 5.23. The first kappa shape index (κ1) is 18.8. The van der Waals surface area contributed by atoms with E-state index in [1.54, 1.807) is 17.9 Å². The first-order chi connectivity index (χ1) is 13.3. The van der Waals surface area contributed by atoms with Gasteiger partial charge in [0.05, 0.1) is 10.9 Å². The minimum atomic E-state index is -3.88. The summed E-state index contributed by atoms with van der Waals surface area (Å²) in [6.45, 7) is 3.43. The van der Waals surface area contributed by atoms with Crippen molar-refractivity contribution < 1.29 is 22.7 Å². The molecular formula is C20H22N2O5S. The van der Waals surface area contributed by atoms with Gasteiger partial charge in [0.1, 0.15) is 13.2 Å². The van der Waals surface area contributed by atoms with E-state index in [2.05, 4.69) is 0 Å². The summed E-state index contributed by atoms with van der Waals surface area (Å²) >= 11 is 0. The molecule has 1 atom stereocenters. The van der Waals surface area contributed by atoms with Crippen LogP contribution < -0.4 is 14.6 Å². The third-order valence-corrected chi connectivity index (χ3v) is 6.14. The number of hydrogen-bond donors (Lipinski definition) is 1. The molecule has 2 aromatic carbocycles. The molecule has 0 bridgehead atoms. The maximum Gasteiger partial charge on any atom is 0.254 e. The topological polar surface area (TPSA) is 98.9 Å². The highest BCUT2D eigenvalue weighted by atomic mass is 32.2. The summed E-state index contributed by atoms with van der Waals surface area (Å²) in [5.74, 6) is 1.21. The Hall–Kier alpha value is -2.58. The van der Waals surface area contributed by atoms with Gasteiger partial charge in [-0.2, -0.15) is 0 Å². The fourth-order valence-corrected chi connectivity index (χ4v) is 4.33. The number of aryl methyl sites for hydroxylation is 1. The van der Waals surface area contributed by atoms with Gasteiger partial charge < -0.3 is 14.4 Å². The number of carbonyl (C=O) groups is 1. The van der Waals surface area contributed by atoms with Crippen LogP contribution in [0.3, 0.4) is 0 Å². The van der Waals surface area contributed by atoms with Crippen LogP contribution in [-0.4, -0.2) is 39.0 Å². The number of likely N-dealkylation sites (tertiary alicyclic amines) is 1. The average Bonchev–Trinajstić information content (AvgIpc) is 3.16. The molecule has 4 rings (SSSR count). The molecule has 1 saturated heterocycles. The second kappa shape index (κ2) is 7.10. The maximum absolute atomic E-state index is 13.3. The second-order valence-corrected chi connectivity index (χ2v) is 8.64. The van der Waals surface area contributed by atoms with E-state index >= 15 is 0 Å². The first-order valence-electron chi connectivity index (χ1n) is 9.18. The molecule has 148 valence electrons. The molecule has 0 radical (unpaired) electrons. The Bertz CT molecular complexity index is 1030. The number of amides is 1. The number of nitrogens with zero attached hydrogens (tertiary/aromatic N) is 1. The lowest BCUT2D eigenvalue weighted by atomic mass is 10.0. The van der Waals surface area contributed by atoms with Gasteiger partial charge in [0.15, 0.2) is 11.5 Å². The van der Waals surface area contributed by atoms with Crippen LogP contribution in [0.5, 0.6) is 11.5 Å². The van der Waals surface area contributed by atoms with Gasteiger partial charge >= 0.3 is 0 Å². The largest absolute Gasteiger partial charge is 0.486 e. The van der Waals surface area contributed by atoms with Crippen LogP contribution in [0.2, 0.25) is 0 Å². The first-order valence-corrected chi connectivity index (χ1v) is 10.7. The lowest BCUT2D eigenvalue weighted by molar-refractivity contribution is 0.0734. The van der Waals surface area contributed by atoms with Crippen LogP contribution in [0.25, 0.3) is 0 Å². The van der Waals surface area contributed by atoms with E-state index in [9.17, 15) is 13.2 Å². The number of primary sulfonamides is 1. The van der Waals surface area contributed by atoms with Crippen molar-refractivity contribution in [2.24, 2.45) is 5.14 Å². The van der Waals surface area contributed by atoms with Gasteiger partial charge in [-0.3, -0.25) is 4.79 Å². The molecule has 2 aliphatic rings. The molecule has 28 heavy (non-hydrogen) atoms. The lowest BCUT2D eigenvalue weighted by Gasteiger charge is -2.27. The molecule has 0 aromatic heterocycles. The Morgan fingerprint density at radius 1 is 1.11 bits per heavy atom. The zero-order chi connectivity index (χ0) is 19.9. The number of nitrogens with two attached hydrogens (primary N) is 1. The van der Waals surface area contributed by atoms with Crippen molar-refractivity contribution in [1.82, 2.24) is 4.90 Å². The molecule has 0 aliphatic carbocycles. The summed E-state index contributed by atoms with van der Waals surface area (Å²) in [6.07, 6.45) is 1.71. The summed E-state index contributed by atoms with van der Waals surface area (Å²) in [5.41, 5.74) is 2.05. The molecule has 1 unspecified atom stereocenters. The average molecular weight is 402 g/mol. The Balaban J connectivity index is 1.66. The summed E-state index contributed by atoms with van der Waals surface area (Å²) in [4.78, 5) is 15.0. The minimum absolute atomic E-state index is 0.0588. The summed E-state index contributed by atoms with van der Waals surface area (Å²) in [7, 11) is -3.88. The van der Waals surface area contributed by atoms with Gasteiger partial charge in [-0.15, -0.1) is 0 Å². The van der Waals surface area contributed by atoms with Crippen LogP contribution in [0.1, 0.15) is 40.4 Å². The second-order valence-electron chi connectivity index (χ2n) is 7.08. The zero-order valence-corrected chi connectivity index (χ0v) is 16.4. The molecular weight excluding hydrogens is 380 g/mol. The molecule has 2 heterocycles. The fraction of sp³-hybridized carbons (Fsp3) is 0.350. The molecule has 2 aliphatic heterocycles. The molecule has 7 nitrogen and oxygen atoms in total. The molecule has 0 saturated carbocycles. The Morgan fingerprint density at radius 2 is 1.86 bits per heavy atom. The van der Waals surface area contributed by atoms with Gasteiger partial charge in [-0.25, -0.2) is 13.6 Å². The maximum atomic E-state index is 13.3. The molecule has 0 spiro atoms. The SMILES string of the molecule is Cc1ccc(S(N)(=O)=O)cc1C(=O)N1CCCC1c1ccc2c(c1)OCCO2. The van der Waals surface area contributed by atoms with Crippen LogP contribution in [0.4, 0.5) is 0 Å². The van der Waals surface area contributed by atoms with E-state index in [4.69, 9.17) is 14.6 Å². The highest BCUT2D eigenvalue weighted by Crippen LogP contribution is 2.39. The number of rotatable bonds is 3. The third-order valence-electron chi connectivity index (χ3n) is 5.23. The highest BCUT2D eigenvalue weighted by molar-refractivity contribution is 7.89. The lowest BCUT2D eigenvalue weighted by Crippen LogP contribution is -2.31. The van der Waals surface area contributed by atoms with E-state index in [-0.39, 0.29) is 16.8 Å². The number of hydrogen-bond acceptors (Lipinski definition) is 5. The molecule has 1 fully saturated rings. The predicted molar refractivity (Wildman–Crippen MR) is 103 cm³/mol. The normalized spacial score (nSPS) is 18.9. The van der Waals surface area contributed by atoms with E-state index in [1.807, 2.05) is 18.2 Å². The number of benzene rings is 2. The van der Waals surface area contributed by atoms with Crippen LogP contribution in [0, 0.1) is 6.92 Å². The van der Waals surface area contributed by atoms with Gasteiger partial charge in [-0.05, 0) is 55.2 Å². The van der Waals surface area contributed by atoms with E-state index in [1.165, 1.54) is 12.1 Å². The summed E-state index contributed by atoms with van der Waals surface area (Å²) in [6, 6.07) is 10.1. The Morgan fingerprint density at radius 3 is 2.61 bits per heavy atom. The van der Waals surface area contributed by atoms with Crippen molar-refractivity contribution >= 4 is 15.9 Å². The van der Waals surface area contributed by atoms with Crippen LogP contribution in [-0.2, 0) is 10.0 Å². The van der Waals surface area contributed by atoms with Crippen molar-refractivity contribution in [2.75, 3.05) is 19.8 Å². The monoisotopic (exact) mass is 402 g/mol. The number of fused-ring (bicyclic) bond motifs is 1. The van der Waals surface area contributed by atoms with Crippen molar-refractivity contribution in [1.29, 1.82) is 0 Å². The van der Waals surface area contributed by atoms with Crippen molar-refractivity contribution in [3.05, 3.63) is 53.1 Å². The fourth-order valence-electron chi connectivity index (χ4n) is 3.79. The van der Waals surface area contributed by atoms with Crippen LogP contribution in [0.15, 0.2) is 41.3 Å². The van der Waals surface area contributed by atoms with Crippen LogP contribution >= 0.6 is 0 Å². The van der Waals surface area contributed by atoms with E-state index in [0.717, 1.165) is 18.4 Å². The summed E-state index contributed by atoms with van der Waals surface area (Å²) < 4.78 is 34.6. The number of sulfonamides is 1. The van der Waals surface area contributed by atoms with Crippen molar-refractivity contribution in [3.63, 3.8) is 0 Å². The van der Waals surface area contributed by atoms with Gasteiger partial charge in [0.25, 0.3) is 5.91 Å². The molecule has 1 amide bonds. The van der Waals surface area contributed by atoms with Crippen molar-refractivity contribution in [3.8, 4) is 11.5 Å². The van der Waals surface area contributed by atoms with E-state index in [0.29, 0.717) is 42.4 Å². The Labute approximate surface area is 164 Å². The predicted octanol–water partition coefficient (Wildman–Crippen LogP) is 2.39. The standard InChI is InChI=1S/C20H22N2O5S/c1-13-4-6-15(28(21,24)25)12-16(13)20(23)22-8-2-3-17(22)14-5-7-18-19(11-14)27-10-9-26-18/h4-7,11-12,17H,2-3,8-10H2,1H3,(H2,21,24,25). The molecule has 8 heteroatoms. The smallest absolute Gasteiger partial charge is 0.254 e. The quantitative estimate of drug-likeness (QED) is 0.850. The molecule has 2 aromatic rings. The third kappa shape index (κ3) is 3.45. The van der Waals surface area contributed by atoms with Crippen molar-refractivity contribution in [2.45, 2.75) is 30.7 Å².